The minimum Gasteiger partial charge on any atom is -0.395 e. The maximum absolute atomic E-state index is 9.13. The van der Waals surface area contributed by atoms with Gasteiger partial charge in [0.15, 0.2) is 5.13 Å². The largest absolute Gasteiger partial charge is 0.395 e. The third kappa shape index (κ3) is 5.66. The van der Waals surface area contributed by atoms with Crippen LogP contribution in [0.15, 0.2) is 30.5 Å². The van der Waals surface area contributed by atoms with E-state index >= 15 is 0 Å². The Hall–Kier alpha value is -2.46. The monoisotopic (exact) mass is 473 g/mol. The molecule has 1 saturated heterocycles. The van der Waals surface area contributed by atoms with Gasteiger partial charge >= 0.3 is 0 Å². The first-order valence-corrected chi connectivity index (χ1v) is 11.9. The molecule has 3 heterocycles. The number of anilines is 4. The van der Waals surface area contributed by atoms with E-state index in [0.29, 0.717) is 11.6 Å². The first-order chi connectivity index (χ1) is 15.5. The first kappa shape index (κ1) is 22.7. The molecule has 0 atom stereocenters. The SMILES string of the molecule is Cc1nc(Nc2ncc(CNc3c(C)cccc3Cl)s2)cc(N2CCN(CCO)CC2)n1. The number of benzene rings is 1. The van der Waals surface area contributed by atoms with E-state index in [1.807, 2.05) is 44.3 Å². The average Bonchev–Trinajstić information content (AvgIpc) is 3.21. The van der Waals surface area contributed by atoms with Crippen LogP contribution in [0.3, 0.4) is 0 Å². The van der Waals surface area contributed by atoms with Crippen molar-refractivity contribution in [2.24, 2.45) is 0 Å². The van der Waals surface area contributed by atoms with Crippen LogP contribution in [0.1, 0.15) is 16.3 Å². The highest BCUT2D eigenvalue weighted by molar-refractivity contribution is 7.15. The number of halogens is 1. The molecule has 3 aromatic rings. The van der Waals surface area contributed by atoms with Crippen molar-refractivity contribution in [3.05, 3.63) is 51.7 Å². The van der Waals surface area contributed by atoms with Gasteiger partial charge in [0.05, 0.1) is 23.9 Å². The fourth-order valence-electron chi connectivity index (χ4n) is 3.71. The van der Waals surface area contributed by atoms with Gasteiger partial charge in [0, 0.05) is 49.9 Å². The molecule has 0 aliphatic carbocycles. The molecule has 1 aromatic carbocycles. The minimum atomic E-state index is 0.198. The van der Waals surface area contributed by atoms with E-state index < -0.39 is 0 Å². The molecule has 8 nitrogen and oxygen atoms in total. The quantitative estimate of drug-likeness (QED) is 0.456. The summed E-state index contributed by atoms with van der Waals surface area (Å²) in [5, 5.41) is 17.4. The molecule has 10 heteroatoms. The Bertz CT molecular complexity index is 1030. The van der Waals surface area contributed by atoms with Crippen molar-refractivity contribution in [1.29, 1.82) is 0 Å². The molecule has 4 rings (SSSR count). The standard InChI is InChI=1S/C22H28ClN7OS/c1-15-4-3-5-18(23)21(15)24-13-17-14-25-22(32-17)28-19-12-20(27-16(2)26-19)30-8-6-29(7-9-30)10-11-31/h3-5,12,14,24,31H,6-11,13H2,1-2H3,(H,25,26,27,28). The van der Waals surface area contributed by atoms with Crippen LogP contribution in [0, 0.1) is 13.8 Å². The molecule has 0 saturated carbocycles. The Morgan fingerprint density at radius 1 is 1.16 bits per heavy atom. The van der Waals surface area contributed by atoms with E-state index in [9.17, 15) is 0 Å². The lowest BCUT2D eigenvalue weighted by Gasteiger charge is -2.35. The number of aliphatic hydroxyl groups is 1. The summed E-state index contributed by atoms with van der Waals surface area (Å²) in [6.45, 7) is 9.10. The van der Waals surface area contributed by atoms with Gasteiger partial charge in [0.2, 0.25) is 0 Å². The highest BCUT2D eigenvalue weighted by atomic mass is 35.5. The smallest absolute Gasteiger partial charge is 0.188 e. The summed E-state index contributed by atoms with van der Waals surface area (Å²) >= 11 is 7.89. The Balaban J connectivity index is 1.39. The van der Waals surface area contributed by atoms with E-state index in [1.54, 1.807) is 11.3 Å². The van der Waals surface area contributed by atoms with Gasteiger partial charge in [-0.25, -0.2) is 15.0 Å². The summed E-state index contributed by atoms with van der Waals surface area (Å²) < 4.78 is 0. The molecule has 0 bridgehead atoms. The molecule has 0 amide bonds. The summed E-state index contributed by atoms with van der Waals surface area (Å²) in [6.07, 6.45) is 1.86. The number of thiazole rings is 1. The predicted octanol–water partition coefficient (Wildman–Crippen LogP) is 3.67. The summed E-state index contributed by atoms with van der Waals surface area (Å²) in [7, 11) is 0. The van der Waals surface area contributed by atoms with Gasteiger partial charge in [0.25, 0.3) is 0 Å². The molecular formula is C22H28ClN7OS. The number of hydrogen-bond acceptors (Lipinski definition) is 9. The Labute approximate surface area is 197 Å². The lowest BCUT2D eigenvalue weighted by molar-refractivity contribution is 0.188. The summed E-state index contributed by atoms with van der Waals surface area (Å²) in [5.41, 5.74) is 2.06. The lowest BCUT2D eigenvalue weighted by Crippen LogP contribution is -2.47. The molecule has 1 aliphatic rings. The summed E-state index contributed by atoms with van der Waals surface area (Å²) in [4.78, 5) is 19.3. The van der Waals surface area contributed by atoms with Crippen molar-refractivity contribution in [2.45, 2.75) is 20.4 Å². The van der Waals surface area contributed by atoms with Crippen LogP contribution in [0.5, 0.6) is 0 Å². The van der Waals surface area contributed by atoms with Crippen LogP contribution in [0.2, 0.25) is 5.02 Å². The zero-order valence-electron chi connectivity index (χ0n) is 18.3. The maximum Gasteiger partial charge on any atom is 0.188 e. The van der Waals surface area contributed by atoms with E-state index in [2.05, 4.69) is 35.4 Å². The number of para-hydroxylation sites is 1. The third-order valence-corrected chi connectivity index (χ3v) is 6.61. The lowest BCUT2D eigenvalue weighted by atomic mass is 10.2. The van der Waals surface area contributed by atoms with Crippen LogP contribution < -0.4 is 15.5 Å². The highest BCUT2D eigenvalue weighted by Crippen LogP contribution is 2.28. The normalized spacial score (nSPS) is 14.6. The topological polar surface area (TPSA) is 89.4 Å². The molecule has 0 radical (unpaired) electrons. The second-order valence-electron chi connectivity index (χ2n) is 7.75. The van der Waals surface area contributed by atoms with Crippen molar-refractivity contribution < 1.29 is 5.11 Å². The van der Waals surface area contributed by atoms with Crippen molar-refractivity contribution in [2.75, 3.05) is 54.9 Å². The van der Waals surface area contributed by atoms with E-state index in [-0.39, 0.29) is 6.61 Å². The van der Waals surface area contributed by atoms with Gasteiger partial charge in [0.1, 0.15) is 17.5 Å². The molecule has 0 unspecified atom stereocenters. The van der Waals surface area contributed by atoms with Crippen molar-refractivity contribution >= 4 is 45.4 Å². The zero-order chi connectivity index (χ0) is 22.5. The van der Waals surface area contributed by atoms with E-state index in [0.717, 1.165) is 71.4 Å². The number of aliphatic hydroxyl groups excluding tert-OH is 1. The number of piperazine rings is 1. The van der Waals surface area contributed by atoms with E-state index in [4.69, 9.17) is 16.7 Å². The molecule has 1 fully saturated rings. The van der Waals surface area contributed by atoms with Gasteiger partial charge in [-0.05, 0) is 25.5 Å². The number of nitrogens with one attached hydrogen (secondary N) is 2. The van der Waals surface area contributed by atoms with Gasteiger partial charge in [-0.1, -0.05) is 35.1 Å². The molecule has 32 heavy (non-hydrogen) atoms. The van der Waals surface area contributed by atoms with Gasteiger partial charge in [-0.3, -0.25) is 4.90 Å². The molecular weight excluding hydrogens is 446 g/mol. The molecule has 0 spiro atoms. The predicted molar refractivity (Wildman–Crippen MR) is 131 cm³/mol. The first-order valence-electron chi connectivity index (χ1n) is 10.7. The Morgan fingerprint density at radius 3 is 2.72 bits per heavy atom. The molecule has 170 valence electrons. The van der Waals surface area contributed by atoms with Crippen LogP contribution >= 0.6 is 22.9 Å². The number of nitrogens with zero attached hydrogens (tertiary/aromatic N) is 5. The Morgan fingerprint density at radius 2 is 1.97 bits per heavy atom. The molecule has 2 aromatic heterocycles. The number of β-amino-alcohol motifs (C(OH)–C–C–N with tert-alkyl or cyclic N) is 1. The van der Waals surface area contributed by atoms with Gasteiger partial charge in [-0.2, -0.15) is 0 Å². The molecule has 1 aliphatic heterocycles. The van der Waals surface area contributed by atoms with E-state index in [1.165, 1.54) is 0 Å². The van der Waals surface area contributed by atoms with Crippen molar-refractivity contribution in [3.8, 4) is 0 Å². The van der Waals surface area contributed by atoms with Crippen LogP contribution in [0.4, 0.5) is 22.5 Å². The third-order valence-electron chi connectivity index (χ3n) is 5.39. The second kappa shape index (κ2) is 10.4. The highest BCUT2D eigenvalue weighted by Gasteiger charge is 2.19. The van der Waals surface area contributed by atoms with Gasteiger partial charge in [-0.15, -0.1) is 0 Å². The van der Waals surface area contributed by atoms with Crippen LogP contribution in [0.25, 0.3) is 0 Å². The fourth-order valence-corrected chi connectivity index (χ4v) is 4.76. The van der Waals surface area contributed by atoms with Gasteiger partial charge < -0.3 is 20.6 Å². The summed E-state index contributed by atoms with van der Waals surface area (Å²) in [5.74, 6) is 2.37. The maximum atomic E-state index is 9.13. The second-order valence-corrected chi connectivity index (χ2v) is 9.28. The zero-order valence-corrected chi connectivity index (χ0v) is 19.9. The Kier molecular flexibility index (Phi) is 7.41. The van der Waals surface area contributed by atoms with Crippen molar-refractivity contribution in [3.63, 3.8) is 0 Å². The fraction of sp³-hybridized carbons (Fsp3) is 0.409. The van der Waals surface area contributed by atoms with Crippen molar-refractivity contribution in [1.82, 2.24) is 19.9 Å². The average molecular weight is 474 g/mol. The van der Waals surface area contributed by atoms with Crippen LogP contribution in [-0.2, 0) is 6.54 Å². The number of aromatic nitrogens is 3. The number of hydrogen-bond donors (Lipinski definition) is 3. The number of rotatable bonds is 8. The minimum absolute atomic E-state index is 0.198. The molecule has 3 N–H and O–H groups in total. The van der Waals surface area contributed by atoms with Crippen LogP contribution in [-0.4, -0.2) is 64.3 Å². The summed E-state index contributed by atoms with van der Waals surface area (Å²) in [6, 6.07) is 7.85. The number of aryl methyl sites for hydroxylation is 2.